The number of para-hydroxylation sites is 2. The number of hydrogen-bond donors (Lipinski definition) is 0. The van der Waals surface area contributed by atoms with Gasteiger partial charge in [-0.3, -0.25) is 0 Å². The Morgan fingerprint density at radius 2 is 0.773 bits per heavy atom. The van der Waals surface area contributed by atoms with E-state index in [0.29, 0.717) is 0 Å². The highest BCUT2D eigenvalue weighted by Crippen LogP contribution is 2.43. The van der Waals surface area contributed by atoms with Gasteiger partial charge in [-0.15, -0.1) is 0 Å². The fourth-order valence-electron chi connectivity index (χ4n) is 6.97. The summed E-state index contributed by atoms with van der Waals surface area (Å²) in [6, 6.07) is 61.3. The van der Waals surface area contributed by atoms with Crippen molar-refractivity contribution in [1.82, 2.24) is 9.13 Å². The summed E-state index contributed by atoms with van der Waals surface area (Å²) in [7, 11) is 0. The van der Waals surface area contributed by atoms with Gasteiger partial charge in [0.05, 0.1) is 22.1 Å². The fourth-order valence-corrected chi connectivity index (χ4v) is 6.97. The van der Waals surface area contributed by atoms with Crippen molar-refractivity contribution in [2.75, 3.05) is 0 Å². The molecule has 2 heterocycles. The second-order valence-electron chi connectivity index (χ2n) is 11.4. The lowest BCUT2D eigenvalue weighted by Gasteiger charge is -2.11. The summed E-state index contributed by atoms with van der Waals surface area (Å²) in [4.78, 5) is 0. The third-order valence-electron chi connectivity index (χ3n) is 8.90. The summed E-state index contributed by atoms with van der Waals surface area (Å²) in [5.74, 6) is 0. The minimum absolute atomic E-state index is 1.16. The zero-order valence-corrected chi connectivity index (χ0v) is 24.1. The first-order valence-electron chi connectivity index (χ1n) is 15.1. The van der Waals surface area contributed by atoms with Crippen LogP contribution < -0.4 is 0 Å². The lowest BCUT2D eigenvalue weighted by Crippen LogP contribution is -1.95. The summed E-state index contributed by atoms with van der Waals surface area (Å²) in [5.41, 5.74) is 12.0. The van der Waals surface area contributed by atoms with Gasteiger partial charge in [0.1, 0.15) is 0 Å². The number of aromatic nitrogens is 2. The molecule has 0 aliphatic rings. The van der Waals surface area contributed by atoms with Crippen molar-refractivity contribution in [2.45, 2.75) is 0 Å². The summed E-state index contributed by atoms with van der Waals surface area (Å²) >= 11 is 0. The SMILES string of the molecule is c1ccc(-c2cccc(-n3c4ccccc4c4c5c6ccc(-c7ccccc7)cc6n(-c6ccccc6)c5ccc43)c2)cc1. The predicted octanol–water partition coefficient (Wildman–Crippen LogP) is 11.2. The summed E-state index contributed by atoms with van der Waals surface area (Å²) in [5, 5.41) is 5.10. The Hall–Kier alpha value is -5.86. The van der Waals surface area contributed by atoms with Gasteiger partial charge in [-0.25, -0.2) is 0 Å². The topological polar surface area (TPSA) is 9.86 Å². The second-order valence-corrected chi connectivity index (χ2v) is 11.4. The van der Waals surface area contributed by atoms with E-state index in [1.54, 1.807) is 0 Å². The smallest absolute Gasteiger partial charge is 0.0548 e. The maximum atomic E-state index is 2.43. The molecule has 206 valence electrons. The van der Waals surface area contributed by atoms with Crippen LogP contribution in [0.1, 0.15) is 0 Å². The van der Waals surface area contributed by atoms with Crippen molar-refractivity contribution in [3.05, 3.63) is 170 Å². The van der Waals surface area contributed by atoms with Gasteiger partial charge in [-0.1, -0.05) is 121 Å². The summed E-state index contributed by atoms with van der Waals surface area (Å²) in [6.07, 6.45) is 0. The standard InChI is InChI=1S/C42H28N2/c1-4-13-29(14-5-1)31-17-12-20-34(27-31)44-37-22-11-10-21-35(37)41-39(44)26-25-38-42(41)36-24-23-32(30-15-6-2-7-16-30)28-40(36)43(38)33-18-8-3-9-19-33/h1-28H. The minimum Gasteiger partial charge on any atom is -0.309 e. The van der Waals surface area contributed by atoms with Gasteiger partial charge in [-0.2, -0.15) is 0 Å². The number of nitrogens with zero attached hydrogens (tertiary/aromatic N) is 2. The van der Waals surface area contributed by atoms with E-state index in [0.717, 1.165) is 11.4 Å². The van der Waals surface area contributed by atoms with Gasteiger partial charge in [-0.05, 0) is 70.8 Å². The molecule has 2 nitrogen and oxygen atoms in total. The van der Waals surface area contributed by atoms with Crippen LogP contribution in [0.2, 0.25) is 0 Å². The molecule has 9 aromatic rings. The highest BCUT2D eigenvalue weighted by Gasteiger charge is 2.21. The van der Waals surface area contributed by atoms with Crippen molar-refractivity contribution in [2.24, 2.45) is 0 Å². The largest absolute Gasteiger partial charge is 0.309 e. The molecule has 44 heavy (non-hydrogen) atoms. The van der Waals surface area contributed by atoms with Gasteiger partial charge >= 0.3 is 0 Å². The molecule has 0 aliphatic heterocycles. The molecular formula is C42H28N2. The van der Waals surface area contributed by atoms with Crippen LogP contribution in [0, 0.1) is 0 Å². The predicted molar refractivity (Wildman–Crippen MR) is 186 cm³/mol. The van der Waals surface area contributed by atoms with E-state index < -0.39 is 0 Å². The highest BCUT2D eigenvalue weighted by atomic mass is 15.0. The Morgan fingerprint density at radius 3 is 1.45 bits per heavy atom. The van der Waals surface area contributed by atoms with Crippen molar-refractivity contribution in [3.8, 4) is 33.6 Å². The van der Waals surface area contributed by atoms with Crippen LogP contribution in [0.25, 0.3) is 77.2 Å². The molecule has 2 heteroatoms. The van der Waals surface area contributed by atoms with Crippen LogP contribution in [-0.4, -0.2) is 9.13 Å². The van der Waals surface area contributed by atoms with E-state index in [9.17, 15) is 0 Å². The molecule has 2 aromatic heterocycles. The first kappa shape index (κ1) is 24.7. The minimum atomic E-state index is 1.16. The lowest BCUT2D eigenvalue weighted by molar-refractivity contribution is 1.17. The molecule has 0 aliphatic carbocycles. The molecule has 0 fully saturated rings. The van der Waals surface area contributed by atoms with Gasteiger partial charge in [0.2, 0.25) is 0 Å². The molecule has 0 bridgehead atoms. The number of rotatable bonds is 4. The van der Waals surface area contributed by atoms with Crippen LogP contribution in [0.5, 0.6) is 0 Å². The first-order valence-corrected chi connectivity index (χ1v) is 15.1. The molecule has 0 amide bonds. The Morgan fingerprint density at radius 1 is 0.273 bits per heavy atom. The lowest BCUT2D eigenvalue weighted by atomic mass is 10.0. The van der Waals surface area contributed by atoms with Crippen molar-refractivity contribution in [3.63, 3.8) is 0 Å². The molecule has 0 radical (unpaired) electrons. The summed E-state index contributed by atoms with van der Waals surface area (Å²) < 4.78 is 4.86. The van der Waals surface area contributed by atoms with E-state index in [4.69, 9.17) is 0 Å². The number of benzene rings is 7. The van der Waals surface area contributed by atoms with Crippen LogP contribution in [0.15, 0.2) is 170 Å². The molecular weight excluding hydrogens is 532 g/mol. The van der Waals surface area contributed by atoms with Crippen molar-refractivity contribution in [1.29, 1.82) is 0 Å². The monoisotopic (exact) mass is 560 g/mol. The van der Waals surface area contributed by atoms with Crippen molar-refractivity contribution < 1.29 is 0 Å². The van der Waals surface area contributed by atoms with Gasteiger partial charge in [0, 0.05) is 32.9 Å². The zero-order valence-electron chi connectivity index (χ0n) is 24.1. The van der Waals surface area contributed by atoms with Gasteiger partial charge in [0.15, 0.2) is 0 Å². The highest BCUT2D eigenvalue weighted by molar-refractivity contribution is 6.29. The van der Waals surface area contributed by atoms with Crippen LogP contribution in [0.4, 0.5) is 0 Å². The average molecular weight is 561 g/mol. The normalized spacial score (nSPS) is 11.6. The zero-order chi connectivity index (χ0) is 29.0. The maximum Gasteiger partial charge on any atom is 0.0548 e. The fraction of sp³-hybridized carbons (Fsp3) is 0. The molecule has 7 aromatic carbocycles. The van der Waals surface area contributed by atoms with E-state index in [1.165, 1.54) is 65.9 Å². The molecule has 0 saturated heterocycles. The van der Waals surface area contributed by atoms with Crippen LogP contribution >= 0.6 is 0 Å². The Labute approximate surface area is 255 Å². The van der Waals surface area contributed by atoms with Crippen LogP contribution in [-0.2, 0) is 0 Å². The van der Waals surface area contributed by atoms with Crippen LogP contribution in [0.3, 0.4) is 0 Å². The van der Waals surface area contributed by atoms with Gasteiger partial charge in [0.25, 0.3) is 0 Å². The first-order chi connectivity index (χ1) is 21.8. The molecule has 0 N–H and O–H groups in total. The van der Waals surface area contributed by atoms with E-state index >= 15 is 0 Å². The summed E-state index contributed by atoms with van der Waals surface area (Å²) in [6.45, 7) is 0. The van der Waals surface area contributed by atoms with Gasteiger partial charge < -0.3 is 9.13 Å². The number of hydrogen-bond acceptors (Lipinski definition) is 0. The van der Waals surface area contributed by atoms with E-state index in [2.05, 4.69) is 179 Å². The third-order valence-corrected chi connectivity index (χ3v) is 8.90. The number of fused-ring (bicyclic) bond motifs is 7. The molecule has 0 unspecified atom stereocenters. The van der Waals surface area contributed by atoms with E-state index in [1.807, 2.05) is 0 Å². The second kappa shape index (κ2) is 9.86. The maximum absolute atomic E-state index is 2.43. The third kappa shape index (κ3) is 3.75. The Bertz CT molecular complexity index is 2470. The average Bonchev–Trinajstić information content (AvgIpc) is 3.62. The molecule has 0 spiro atoms. The quantitative estimate of drug-likeness (QED) is 0.203. The molecule has 9 rings (SSSR count). The van der Waals surface area contributed by atoms with E-state index in [-0.39, 0.29) is 0 Å². The molecule has 0 saturated carbocycles. The Balaban J connectivity index is 1.39. The van der Waals surface area contributed by atoms with Crippen molar-refractivity contribution >= 4 is 43.6 Å². The molecule has 0 atom stereocenters. The Kier molecular flexibility index (Phi) is 5.54.